The molecule has 0 saturated carbocycles. The number of thioether (sulfide) groups is 1. The monoisotopic (exact) mass is 396 g/mol. The number of nitrogens with one attached hydrogen (secondary N) is 1. The molecule has 2 rings (SSSR count). The van der Waals surface area contributed by atoms with Crippen LogP contribution in [0.5, 0.6) is 0 Å². The molecule has 7 nitrogen and oxygen atoms in total. The molecule has 9 heteroatoms. The van der Waals surface area contributed by atoms with Crippen molar-refractivity contribution in [2.24, 2.45) is 0 Å². The molecule has 0 aliphatic carbocycles. The van der Waals surface area contributed by atoms with Crippen molar-refractivity contribution in [3.05, 3.63) is 41.6 Å². The molecule has 0 fully saturated rings. The second-order valence-electron chi connectivity index (χ2n) is 4.77. The third-order valence-electron chi connectivity index (χ3n) is 3.08. The number of anilines is 2. The second-order valence-corrected chi connectivity index (χ2v) is 5.54. The summed E-state index contributed by atoms with van der Waals surface area (Å²) >= 11 is 1.35. The Morgan fingerprint density at radius 3 is 2.50 bits per heavy atom. The summed E-state index contributed by atoms with van der Waals surface area (Å²) in [6.07, 6.45) is 3.26. The lowest BCUT2D eigenvalue weighted by molar-refractivity contribution is -0.0000408. The zero-order valence-electron chi connectivity index (χ0n) is 14.6. The van der Waals surface area contributed by atoms with Crippen LogP contribution >= 0.6 is 11.8 Å². The molecule has 1 N–H and O–H groups in total. The predicted octanol–water partition coefficient (Wildman–Crippen LogP) is 0.299. The van der Waals surface area contributed by atoms with Gasteiger partial charge < -0.3 is 27.2 Å². The summed E-state index contributed by atoms with van der Waals surface area (Å²) in [6, 6.07) is 6.77. The van der Waals surface area contributed by atoms with E-state index in [1.807, 2.05) is 6.26 Å². The molecule has 0 radical (unpaired) electrons. The number of hydrogen-bond donors (Lipinski definition) is 1. The van der Waals surface area contributed by atoms with E-state index in [1.54, 1.807) is 38.1 Å². The fourth-order valence-electron chi connectivity index (χ4n) is 1.99. The molecule has 0 spiro atoms. The molecule has 0 saturated heterocycles. The van der Waals surface area contributed by atoms with Crippen LogP contribution in [0.4, 0.5) is 11.5 Å². The van der Waals surface area contributed by atoms with E-state index in [-0.39, 0.29) is 24.6 Å². The first kappa shape index (κ1) is 21.7. The SMILES string of the molecule is CCOC(=O)c1cccc(Nc2nc(SC)ncc2C(=O)OCC)c1.[Cl-]. The molecular formula is C17H19ClN3O4S-. The summed E-state index contributed by atoms with van der Waals surface area (Å²) in [5.41, 5.74) is 1.23. The zero-order valence-corrected chi connectivity index (χ0v) is 16.2. The number of benzene rings is 1. The lowest BCUT2D eigenvalue weighted by Gasteiger charge is -2.12. The largest absolute Gasteiger partial charge is 1.00 e. The molecule has 140 valence electrons. The molecule has 0 aliphatic rings. The van der Waals surface area contributed by atoms with Crippen molar-refractivity contribution in [1.29, 1.82) is 0 Å². The van der Waals surface area contributed by atoms with Crippen LogP contribution in [0.1, 0.15) is 34.6 Å². The van der Waals surface area contributed by atoms with Gasteiger partial charge in [0.25, 0.3) is 0 Å². The van der Waals surface area contributed by atoms with Gasteiger partial charge in [0.05, 0.1) is 18.8 Å². The topological polar surface area (TPSA) is 90.4 Å². The molecular weight excluding hydrogens is 378 g/mol. The fourth-order valence-corrected chi connectivity index (χ4v) is 2.33. The molecule has 1 heterocycles. The average Bonchev–Trinajstić information content (AvgIpc) is 2.62. The van der Waals surface area contributed by atoms with Crippen LogP contribution < -0.4 is 17.7 Å². The standard InChI is InChI=1S/C17H19N3O4S.ClH/c1-4-23-15(21)11-7-6-8-12(9-11)19-14-13(16(22)24-5-2)10-18-17(20-14)25-3;/h6-10H,4-5H2,1-3H3,(H,18,19,20);1H/p-1. The molecule has 0 bridgehead atoms. The van der Waals surface area contributed by atoms with E-state index in [9.17, 15) is 9.59 Å². The van der Waals surface area contributed by atoms with Crippen LogP contribution in [0.3, 0.4) is 0 Å². The Morgan fingerprint density at radius 1 is 1.15 bits per heavy atom. The maximum Gasteiger partial charge on any atom is 0.343 e. The van der Waals surface area contributed by atoms with Crippen LogP contribution in [0.25, 0.3) is 0 Å². The van der Waals surface area contributed by atoms with Gasteiger partial charge in [-0.2, -0.15) is 0 Å². The Kier molecular flexibility index (Phi) is 8.87. The highest BCUT2D eigenvalue weighted by atomic mass is 35.5. The van der Waals surface area contributed by atoms with Gasteiger partial charge in [-0.1, -0.05) is 17.8 Å². The Balaban J connectivity index is 0.00000338. The van der Waals surface area contributed by atoms with Crippen LogP contribution in [0.15, 0.2) is 35.6 Å². The van der Waals surface area contributed by atoms with E-state index >= 15 is 0 Å². The van der Waals surface area contributed by atoms with E-state index in [0.29, 0.717) is 28.8 Å². The van der Waals surface area contributed by atoms with E-state index in [4.69, 9.17) is 9.47 Å². The van der Waals surface area contributed by atoms with Gasteiger partial charge in [0.15, 0.2) is 5.16 Å². The molecule has 0 unspecified atom stereocenters. The highest BCUT2D eigenvalue weighted by Gasteiger charge is 2.16. The van der Waals surface area contributed by atoms with Gasteiger partial charge in [0.2, 0.25) is 0 Å². The zero-order chi connectivity index (χ0) is 18.2. The molecule has 0 aliphatic heterocycles. The van der Waals surface area contributed by atoms with Gasteiger partial charge in [-0.05, 0) is 38.3 Å². The highest BCUT2D eigenvalue weighted by Crippen LogP contribution is 2.22. The van der Waals surface area contributed by atoms with Crippen molar-refractivity contribution in [3.63, 3.8) is 0 Å². The number of halogens is 1. The Morgan fingerprint density at radius 2 is 1.85 bits per heavy atom. The first-order valence-electron chi connectivity index (χ1n) is 7.71. The van der Waals surface area contributed by atoms with Crippen LogP contribution in [0.2, 0.25) is 0 Å². The minimum Gasteiger partial charge on any atom is -1.00 e. The Bertz CT molecular complexity index is 773. The van der Waals surface area contributed by atoms with Crippen molar-refractivity contribution in [1.82, 2.24) is 9.97 Å². The van der Waals surface area contributed by atoms with Crippen LogP contribution in [0, 0.1) is 0 Å². The van der Waals surface area contributed by atoms with Crippen LogP contribution in [-0.2, 0) is 9.47 Å². The molecule has 1 aromatic heterocycles. The second kappa shape index (κ2) is 10.6. The maximum atomic E-state index is 12.1. The minimum atomic E-state index is -0.515. The number of carbonyl (C=O) groups excluding carboxylic acids is 2. The van der Waals surface area contributed by atoms with Crippen molar-refractivity contribution >= 4 is 35.2 Å². The summed E-state index contributed by atoms with van der Waals surface area (Å²) in [7, 11) is 0. The van der Waals surface area contributed by atoms with Crippen molar-refractivity contribution < 1.29 is 31.5 Å². The summed E-state index contributed by atoms with van der Waals surface area (Å²) < 4.78 is 10.0. The number of ether oxygens (including phenoxy) is 2. The predicted molar refractivity (Wildman–Crippen MR) is 95.5 cm³/mol. The van der Waals surface area contributed by atoms with E-state index < -0.39 is 11.9 Å². The van der Waals surface area contributed by atoms with Crippen LogP contribution in [-0.4, -0.2) is 41.4 Å². The fraction of sp³-hybridized carbons (Fsp3) is 0.294. The van der Waals surface area contributed by atoms with Gasteiger partial charge in [-0.25, -0.2) is 19.6 Å². The summed E-state index contributed by atoms with van der Waals surface area (Å²) in [5.74, 6) is -0.609. The van der Waals surface area contributed by atoms with Crippen molar-refractivity contribution in [3.8, 4) is 0 Å². The van der Waals surface area contributed by atoms with Gasteiger partial charge >= 0.3 is 11.9 Å². The van der Waals surface area contributed by atoms with Gasteiger partial charge in [0, 0.05) is 11.9 Å². The number of rotatable bonds is 7. The van der Waals surface area contributed by atoms with E-state index in [1.165, 1.54) is 18.0 Å². The third kappa shape index (κ3) is 5.60. The molecule has 1 aromatic carbocycles. The average molecular weight is 397 g/mol. The Hall–Kier alpha value is -2.32. The quantitative estimate of drug-likeness (QED) is 0.406. The molecule has 2 aromatic rings. The minimum absolute atomic E-state index is 0. The lowest BCUT2D eigenvalue weighted by atomic mass is 10.2. The maximum absolute atomic E-state index is 12.1. The van der Waals surface area contributed by atoms with Gasteiger partial charge in [-0.3, -0.25) is 0 Å². The summed E-state index contributed by atoms with van der Waals surface area (Å²) in [5, 5.41) is 3.56. The summed E-state index contributed by atoms with van der Waals surface area (Å²) in [6.45, 7) is 4.02. The smallest absolute Gasteiger partial charge is 0.343 e. The molecule has 26 heavy (non-hydrogen) atoms. The van der Waals surface area contributed by atoms with Crippen molar-refractivity contribution in [2.75, 3.05) is 24.8 Å². The number of aromatic nitrogens is 2. The Labute approximate surface area is 162 Å². The van der Waals surface area contributed by atoms with E-state index in [2.05, 4.69) is 15.3 Å². The number of carbonyl (C=O) groups is 2. The highest BCUT2D eigenvalue weighted by molar-refractivity contribution is 7.98. The van der Waals surface area contributed by atoms with E-state index in [0.717, 1.165) is 0 Å². The first-order valence-corrected chi connectivity index (χ1v) is 8.93. The third-order valence-corrected chi connectivity index (χ3v) is 3.64. The normalized spacial score (nSPS) is 9.81. The van der Waals surface area contributed by atoms with Crippen molar-refractivity contribution in [2.45, 2.75) is 19.0 Å². The number of hydrogen-bond acceptors (Lipinski definition) is 8. The van der Waals surface area contributed by atoms with Gasteiger partial charge in [0.1, 0.15) is 11.4 Å². The number of esters is 2. The first-order chi connectivity index (χ1) is 12.1. The number of nitrogens with zero attached hydrogens (tertiary/aromatic N) is 2. The summed E-state index contributed by atoms with van der Waals surface area (Å²) in [4.78, 5) is 32.4. The molecule has 0 amide bonds. The molecule has 0 atom stereocenters. The van der Waals surface area contributed by atoms with Gasteiger partial charge in [-0.15, -0.1) is 0 Å². The lowest BCUT2D eigenvalue weighted by Crippen LogP contribution is -3.00.